The Morgan fingerprint density at radius 1 is 0.696 bits per heavy atom. The van der Waals surface area contributed by atoms with Crippen molar-refractivity contribution in [3.05, 3.63) is 96.6 Å². The Bertz CT molecular complexity index is 795. The fourth-order valence-electron chi connectivity index (χ4n) is 3.04. The van der Waals surface area contributed by atoms with Crippen LogP contribution in [0.25, 0.3) is 0 Å². The van der Waals surface area contributed by atoms with Crippen LogP contribution in [0.1, 0.15) is 18.0 Å². The fraction of sp³-hybridized carbons (Fsp3) is 0.0952. The maximum atomic E-state index is 4.84. The van der Waals surface area contributed by atoms with Crippen LogP contribution in [0.4, 0.5) is 11.4 Å². The largest absolute Gasteiger partial charge is 0.322 e. The van der Waals surface area contributed by atoms with Crippen LogP contribution >= 0.6 is 0 Å². The molecule has 0 radical (unpaired) electrons. The predicted molar refractivity (Wildman–Crippen MR) is 96.3 cm³/mol. The van der Waals surface area contributed by atoms with E-state index in [1.807, 2.05) is 30.3 Å². The van der Waals surface area contributed by atoms with Crippen LogP contribution in [-0.4, -0.2) is 5.84 Å². The Kier molecular flexibility index (Phi) is 3.65. The van der Waals surface area contributed by atoms with Crippen molar-refractivity contribution in [2.24, 2.45) is 4.99 Å². The van der Waals surface area contributed by atoms with Gasteiger partial charge in [-0.25, -0.2) is 4.99 Å². The summed E-state index contributed by atoms with van der Waals surface area (Å²) in [5.41, 5.74) is 3.54. The predicted octanol–water partition coefficient (Wildman–Crippen LogP) is 5.37. The molecular weight excluding hydrogens is 280 g/mol. The zero-order chi connectivity index (χ0) is 15.5. The number of aliphatic imine (C=N–C) groups is 1. The first kappa shape index (κ1) is 13.8. The normalized spacial score (nSPS) is 18.7. The van der Waals surface area contributed by atoms with Crippen LogP contribution in [0.5, 0.6) is 0 Å². The molecule has 1 aliphatic heterocycles. The van der Waals surface area contributed by atoms with Gasteiger partial charge in [-0.2, -0.15) is 0 Å². The van der Waals surface area contributed by atoms with E-state index in [2.05, 4.69) is 65.6 Å². The van der Waals surface area contributed by atoms with Crippen LogP contribution in [0, 0.1) is 0 Å². The smallest absolute Gasteiger partial charge is 0.112 e. The molecule has 1 saturated heterocycles. The Morgan fingerprint density at radius 2 is 1.26 bits per heavy atom. The Balaban J connectivity index is 1.70. The second-order valence-corrected chi connectivity index (χ2v) is 5.70. The number of benzene rings is 3. The molecule has 3 aromatic carbocycles. The van der Waals surface area contributed by atoms with Crippen molar-refractivity contribution in [1.29, 1.82) is 0 Å². The summed E-state index contributed by atoms with van der Waals surface area (Å²) in [6.07, 6.45) is 0.966. The van der Waals surface area contributed by atoms with E-state index in [4.69, 9.17) is 4.99 Å². The molecule has 2 nitrogen and oxygen atoms in total. The van der Waals surface area contributed by atoms with Gasteiger partial charge in [0, 0.05) is 12.1 Å². The molecule has 1 aliphatic rings. The van der Waals surface area contributed by atoms with E-state index in [1.165, 1.54) is 11.3 Å². The van der Waals surface area contributed by atoms with E-state index in [0.29, 0.717) is 6.04 Å². The molecular formula is C21H18N2. The maximum absolute atomic E-state index is 4.84. The van der Waals surface area contributed by atoms with Crippen LogP contribution in [0.15, 0.2) is 96.0 Å². The minimum absolute atomic E-state index is 0.362. The second-order valence-electron chi connectivity index (χ2n) is 5.70. The summed E-state index contributed by atoms with van der Waals surface area (Å²) in [4.78, 5) is 7.18. The molecule has 1 unspecified atom stereocenters. The SMILES string of the molecule is c1ccc(/N=C2\CC(c3ccccc3)N2c2ccccc2)cc1. The van der Waals surface area contributed by atoms with E-state index in [-0.39, 0.29) is 0 Å². The Morgan fingerprint density at radius 3 is 1.91 bits per heavy atom. The third kappa shape index (κ3) is 2.76. The van der Waals surface area contributed by atoms with Gasteiger partial charge < -0.3 is 4.90 Å². The molecule has 2 heteroatoms. The molecule has 112 valence electrons. The first-order valence-corrected chi connectivity index (χ1v) is 7.94. The van der Waals surface area contributed by atoms with E-state index >= 15 is 0 Å². The topological polar surface area (TPSA) is 15.6 Å². The molecule has 0 spiro atoms. The highest BCUT2D eigenvalue weighted by molar-refractivity contribution is 6.06. The molecule has 3 aromatic rings. The van der Waals surface area contributed by atoms with E-state index in [1.54, 1.807) is 0 Å². The lowest BCUT2D eigenvalue weighted by molar-refractivity contribution is 0.652. The van der Waals surface area contributed by atoms with Gasteiger partial charge in [-0.15, -0.1) is 0 Å². The molecule has 1 atom stereocenters. The lowest BCUT2D eigenvalue weighted by Gasteiger charge is -2.44. The molecule has 0 aromatic heterocycles. The maximum Gasteiger partial charge on any atom is 0.112 e. The van der Waals surface area contributed by atoms with Gasteiger partial charge in [-0.05, 0) is 29.8 Å². The van der Waals surface area contributed by atoms with E-state index in [0.717, 1.165) is 17.9 Å². The van der Waals surface area contributed by atoms with Crippen molar-refractivity contribution in [1.82, 2.24) is 0 Å². The number of nitrogens with zero attached hydrogens (tertiary/aromatic N) is 2. The summed E-state index contributed by atoms with van der Waals surface area (Å²) < 4.78 is 0. The van der Waals surface area contributed by atoms with Gasteiger partial charge in [0.15, 0.2) is 0 Å². The third-order valence-electron chi connectivity index (χ3n) is 4.20. The molecule has 23 heavy (non-hydrogen) atoms. The minimum atomic E-state index is 0.362. The van der Waals surface area contributed by atoms with Crippen LogP contribution in [-0.2, 0) is 0 Å². The van der Waals surface area contributed by atoms with Crippen molar-refractivity contribution in [3.63, 3.8) is 0 Å². The third-order valence-corrected chi connectivity index (χ3v) is 4.20. The Labute approximate surface area is 136 Å². The average molecular weight is 298 g/mol. The van der Waals surface area contributed by atoms with Gasteiger partial charge in [-0.3, -0.25) is 0 Å². The summed E-state index contributed by atoms with van der Waals surface area (Å²) >= 11 is 0. The fourth-order valence-corrected chi connectivity index (χ4v) is 3.04. The highest BCUT2D eigenvalue weighted by atomic mass is 15.3. The van der Waals surface area contributed by atoms with Gasteiger partial charge in [0.05, 0.1) is 11.7 Å². The zero-order valence-corrected chi connectivity index (χ0v) is 12.8. The zero-order valence-electron chi connectivity index (χ0n) is 12.8. The molecule has 0 bridgehead atoms. The highest BCUT2D eigenvalue weighted by Crippen LogP contribution is 2.40. The number of para-hydroxylation sites is 2. The quantitative estimate of drug-likeness (QED) is 0.635. The van der Waals surface area contributed by atoms with Gasteiger partial charge in [0.2, 0.25) is 0 Å². The van der Waals surface area contributed by atoms with Crippen molar-refractivity contribution >= 4 is 17.2 Å². The monoisotopic (exact) mass is 298 g/mol. The highest BCUT2D eigenvalue weighted by Gasteiger charge is 2.36. The lowest BCUT2D eigenvalue weighted by Crippen LogP contribution is -2.46. The van der Waals surface area contributed by atoms with Gasteiger partial charge >= 0.3 is 0 Å². The first-order chi connectivity index (χ1) is 11.4. The first-order valence-electron chi connectivity index (χ1n) is 7.94. The number of rotatable bonds is 3. The number of anilines is 1. The standard InChI is InChI=1S/C21H18N2/c1-4-10-17(11-5-1)20-16-21(22-18-12-6-2-7-13-18)23(20)19-14-8-3-9-15-19/h1-15,20H,16H2/b22-21+. The molecule has 0 N–H and O–H groups in total. The Hall–Kier alpha value is -2.87. The van der Waals surface area contributed by atoms with E-state index < -0.39 is 0 Å². The second kappa shape index (κ2) is 6.09. The molecule has 1 fully saturated rings. The van der Waals surface area contributed by atoms with Crippen LogP contribution < -0.4 is 4.90 Å². The molecule has 1 heterocycles. The van der Waals surface area contributed by atoms with E-state index in [9.17, 15) is 0 Å². The summed E-state index contributed by atoms with van der Waals surface area (Å²) in [7, 11) is 0. The van der Waals surface area contributed by atoms with Crippen LogP contribution in [0.3, 0.4) is 0 Å². The van der Waals surface area contributed by atoms with Crippen molar-refractivity contribution in [2.45, 2.75) is 12.5 Å². The summed E-state index contributed by atoms with van der Waals surface area (Å²) in [5.74, 6) is 1.12. The number of amidine groups is 1. The van der Waals surface area contributed by atoms with Crippen LogP contribution in [0.2, 0.25) is 0 Å². The average Bonchev–Trinajstić information content (AvgIpc) is 2.61. The molecule has 0 aliphatic carbocycles. The molecule has 4 rings (SSSR count). The summed E-state index contributed by atoms with van der Waals surface area (Å²) in [5, 5.41) is 0. The summed E-state index contributed by atoms with van der Waals surface area (Å²) in [6, 6.07) is 31.7. The number of hydrogen-bond donors (Lipinski definition) is 0. The van der Waals surface area contributed by atoms with Crippen molar-refractivity contribution in [3.8, 4) is 0 Å². The lowest BCUT2D eigenvalue weighted by atomic mass is 9.92. The molecule has 0 saturated carbocycles. The van der Waals surface area contributed by atoms with Gasteiger partial charge in [0.1, 0.15) is 5.84 Å². The van der Waals surface area contributed by atoms with Crippen molar-refractivity contribution in [2.75, 3.05) is 4.90 Å². The number of hydrogen-bond acceptors (Lipinski definition) is 1. The summed E-state index contributed by atoms with van der Waals surface area (Å²) in [6.45, 7) is 0. The van der Waals surface area contributed by atoms with Gasteiger partial charge in [-0.1, -0.05) is 66.7 Å². The van der Waals surface area contributed by atoms with Crippen molar-refractivity contribution < 1.29 is 0 Å². The minimum Gasteiger partial charge on any atom is -0.322 e. The molecule has 0 amide bonds. The van der Waals surface area contributed by atoms with Gasteiger partial charge in [0.25, 0.3) is 0 Å².